The minimum absolute atomic E-state index is 0.135. The molecule has 0 saturated carbocycles. The van der Waals surface area contributed by atoms with Crippen LogP contribution in [0.5, 0.6) is 0 Å². The number of halogens is 6. The van der Waals surface area contributed by atoms with Crippen molar-refractivity contribution in [2.75, 3.05) is 0 Å². The Morgan fingerprint density at radius 1 is 0.909 bits per heavy atom. The smallest absolute Gasteiger partial charge is 0.324 e. The summed E-state index contributed by atoms with van der Waals surface area (Å²) in [7, 11) is -4.64. The summed E-state index contributed by atoms with van der Waals surface area (Å²) in [5.41, 5.74) is 1.83. The molecule has 5 N–H and O–H groups in total. The average molecular weight is 363 g/mol. The second-order valence-corrected chi connectivity index (χ2v) is 6.52. The van der Waals surface area contributed by atoms with Gasteiger partial charge in [-0.05, 0) is 11.8 Å². The van der Waals surface area contributed by atoms with Crippen LogP contribution < -0.4 is 5.73 Å². The Balaban J connectivity index is 0. The van der Waals surface area contributed by atoms with Gasteiger partial charge in [0.25, 0.3) is 0 Å². The largest absolute Gasteiger partial charge is 0.466 e. The van der Waals surface area contributed by atoms with Crippen molar-refractivity contribution in [1.29, 1.82) is 0 Å². The fraction of sp³-hybridized carbons (Fsp3) is 1.00. The average Bonchev–Trinajstić information content (AvgIpc) is 2.07. The van der Waals surface area contributed by atoms with Gasteiger partial charge in [-0.15, -0.1) is 0 Å². The second kappa shape index (κ2) is 7.48. The standard InChI is InChI=1S/C10H17F6N.H3O4P/c1-4-7(2,3)8(17,5-9(11,12)13)6-10(14,15)16;1-5(2,3)4/h4-6,17H2,1-3H3;(H3,1,2,3,4). The lowest BCUT2D eigenvalue weighted by Crippen LogP contribution is -2.57. The van der Waals surface area contributed by atoms with Gasteiger partial charge in [-0.2, -0.15) is 26.3 Å². The van der Waals surface area contributed by atoms with E-state index in [-0.39, 0.29) is 6.42 Å². The van der Waals surface area contributed by atoms with E-state index in [1.165, 1.54) is 20.8 Å². The normalized spacial score (nSPS) is 14.4. The summed E-state index contributed by atoms with van der Waals surface area (Å²) in [6.45, 7) is 4.17. The van der Waals surface area contributed by atoms with Gasteiger partial charge in [0.2, 0.25) is 0 Å². The molecule has 0 aliphatic carbocycles. The Morgan fingerprint density at radius 3 is 1.27 bits per heavy atom. The van der Waals surface area contributed by atoms with Gasteiger partial charge in [-0.25, -0.2) is 4.57 Å². The molecular formula is C10H20F6NO4P. The molecule has 0 saturated heterocycles. The van der Waals surface area contributed by atoms with Crippen LogP contribution in [0.4, 0.5) is 26.3 Å². The van der Waals surface area contributed by atoms with Crippen molar-refractivity contribution in [2.24, 2.45) is 11.1 Å². The zero-order valence-corrected chi connectivity index (χ0v) is 13.1. The summed E-state index contributed by atoms with van der Waals surface area (Å²) >= 11 is 0. The van der Waals surface area contributed by atoms with Crippen LogP contribution in [0.3, 0.4) is 0 Å². The van der Waals surface area contributed by atoms with Crippen molar-refractivity contribution in [3.05, 3.63) is 0 Å². The molecule has 0 aromatic carbocycles. The number of hydrogen-bond acceptors (Lipinski definition) is 2. The van der Waals surface area contributed by atoms with Gasteiger partial charge in [0, 0.05) is 5.54 Å². The molecular weight excluding hydrogens is 343 g/mol. The molecule has 0 rings (SSSR count). The molecule has 5 nitrogen and oxygen atoms in total. The first-order valence-electron chi connectivity index (χ1n) is 5.93. The molecule has 136 valence electrons. The summed E-state index contributed by atoms with van der Waals surface area (Å²) in [5.74, 6) is 0. The quantitative estimate of drug-likeness (QED) is 0.454. The van der Waals surface area contributed by atoms with E-state index in [9.17, 15) is 26.3 Å². The summed E-state index contributed by atoms with van der Waals surface area (Å²) in [5, 5.41) is 0. The van der Waals surface area contributed by atoms with Gasteiger partial charge in [-0.3, -0.25) is 0 Å². The first kappa shape index (κ1) is 23.9. The van der Waals surface area contributed by atoms with Crippen LogP contribution >= 0.6 is 7.82 Å². The summed E-state index contributed by atoms with van der Waals surface area (Å²) < 4.78 is 83.0. The molecule has 0 fully saturated rings. The number of rotatable bonds is 4. The molecule has 0 unspecified atom stereocenters. The highest BCUT2D eigenvalue weighted by Gasteiger charge is 2.53. The van der Waals surface area contributed by atoms with E-state index < -0.39 is 44.0 Å². The first-order chi connectivity index (χ1) is 9.22. The van der Waals surface area contributed by atoms with Gasteiger partial charge in [-0.1, -0.05) is 20.8 Å². The van der Waals surface area contributed by atoms with E-state index in [1.807, 2.05) is 0 Å². The molecule has 12 heteroatoms. The topological polar surface area (TPSA) is 104 Å². The maximum absolute atomic E-state index is 12.3. The Morgan fingerprint density at radius 2 is 1.14 bits per heavy atom. The second-order valence-electron chi connectivity index (χ2n) is 5.49. The highest BCUT2D eigenvalue weighted by molar-refractivity contribution is 7.45. The third kappa shape index (κ3) is 12.2. The molecule has 0 aliphatic heterocycles. The lowest BCUT2D eigenvalue weighted by molar-refractivity contribution is -0.192. The molecule has 0 amide bonds. The third-order valence-electron chi connectivity index (χ3n) is 3.26. The lowest BCUT2D eigenvalue weighted by Gasteiger charge is -2.44. The molecule has 0 aromatic rings. The van der Waals surface area contributed by atoms with Gasteiger partial charge >= 0.3 is 20.2 Å². The molecule has 0 bridgehead atoms. The molecule has 22 heavy (non-hydrogen) atoms. The fourth-order valence-corrected chi connectivity index (χ4v) is 1.61. The number of alkyl halides is 6. The van der Waals surface area contributed by atoms with E-state index in [4.69, 9.17) is 25.0 Å². The van der Waals surface area contributed by atoms with Crippen molar-refractivity contribution < 1.29 is 45.6 Å². The number of phosphoric acid groups is 1. The SMILES string of the molecule is CCC(C)(C)C(N)(CC(F)(F)F)CC(F)(F)F.O=P(O)(O)O. The maximum Gasteiger partial charge on any atom is 0.466 e. The first-order valence-corrected chi connectivity index (χ1v) is 7.50. The third-order valence-corrected chi connectivity index (χ3v) is 3.26. The predicted octanol–water partition coefficient (Wildman–Crippen LogP) is 3.10. The fourth-order valence-electron chi connectivity index (χ4n) is 1.61. The van der Waals surface area contributed by atoms with E-state index in [2.05, 4.69) is 0 Å². The van der Waals surface area contributed by atoms with Crippen molar-refractivity contribution in [1.82, 2.24) is 0 Å². The van der Waals surface area contributed by atoms with Crippen LogP contribution in [-0.2, 0) is 4.57 Å². The van der Waals surface area contributed by atoms with Crippen LogP contribution in [0.1, 0.15) is 40.0 Å². The Labute approximate surface area is 123 Å². The van der Waals surface area contributed by atoms with Gasteiger partial charge in [0.15, 0.2) is 0 Å². The molecule has 0 heterocycles. The molecule has 0 aromatic heterocycles. The van der Waals surface area contributed by atoms with Gasteiger partial charge in [0.05, 0.1) is 12.8 Å². The monoisotopic (exact) mass is 363 g/mol. The van der Waals surface area contributed by atoms with E-state index in [1.54, 1.807) is 0 Å². The number of hydrogen-bond donors (Lipinski definition) is 4. The predicted molar refractivity (Wildman–Crippen MR) is 66.6 cm³/mol. The minimum atomic E-state index is -4.72. The van der Waals surface area contributed by atoms with Gasteiger partial charge < -0.3 is 20.4 Å². The highest BCUT2D eigenvalue weighted by atomic mass is 31.2. The van der Waals surface area contributed by atoms with E-state index in [0.717, 1.165) is 0 Å². The Kier molecular flexibility index (Phi) is 8.13. The summed E-state index contributed by atoms with van der Waals surface area (Å²) in [4.78, 5) is 21.6. The molecule has 0 aliphatic rings. The molecule has 0 atom stereocenters. The minimum Gasteiger partial charge on any atom is -0.324 e. The summed E-state index contributed by atoms with van der Waals surface area (Å²) in [6, 6.07) is 0. The van der Waals surface area contributed by atoms with E-state index >= 15 is 0 Å². The maximum atomic E-state index is 12.3. The Hall–Kier alpha value is -0.350. The number of nitrogens with two attached hydrogens (primary N) is 1. The zero-order valence-electron chi connectivity index (χ0n) is 12.2. The van der Waals surface area contributed by atoms with E-state index in [0.29, 0.717) is 0 Å². The lowest BCUT2D eigenvalue weighted by atomic mass is 9.67. The zero-order chi connectivity index (χ0) is 18.6. The van der Waals surface area contributed by atoms with Crippen molar-refractivity contribution in [2.45, 2.75) is 57.9 Å². The van der Waals surface area contributed by atoms with Crippen LogP contribution in [0.15, 0.2) is 0 Å². The Bertz CT molecular complexity index is 366. The van der Waals surface area contributed by atoms with Crippen molar-refractivity contribution >= 4 is 7.82 Å². The van der Waals surface area contributed by atoms with Crippen LogP contribution in [0, 0.1) is 5.41 Å². The molecule has 0 radical (unpaired) electrons. The highest BCUT2D eigenvalue weighted by Crippen LogP contribution is 2.45. The summed E-state index contributed by atoms with van der Waals surface area (Å²) in [6.07, 6.45) is -12.6. The van der Waals surface area contributed by atoms with Crippen LogP contribution in [-0.4, -0.2) is 32.6 Å². The van der Waals surface area contributed by atoms with Crippen LogP contribution in [0.25, 0.3) is 0 Å². The van der Waals surface area contributed by atoms with Gasteiger partial charge in [0.1, 0.15) is 0 Å². The van der Waals surface area contributed by atoms with Crippen LogP contribution in [0.2, 0.25) is 0 Å². The van der Waals surface area contributed by atoms with Crippen molar-refractivity contribution in [3.8, 4) is 0 Å². The van der Waals surface area contributed by atoms with Crippen molar-refractivity contribution in [3.63, 3.8) is 0 Å². The molecule has 0 spiro atoms.